The van der Waals surface area contributed by atoms with E-state index >= 15 is 0 Å². The number of carbonyl (C=O) groups is 1. The van der Waals surface area contributed by atoms with Gasteiger partial charge in [0.05, 0.1) is 28.3 Å². The van der Waals surface area contributed by atoms with Crippen LogP contribution in [0.15, 0.2) is 41.3 Å². The van der Waals surface area contributed by atoms with Gasteiger partial charge in [-0.05, 0) is 49.2 Å². The van der Waals surface area contributed by atoms with Crippen LogP contribution in [0.25, 0.3) is 10.2 Å². The number of aromatic nitrogens is 1. The van der Waals surface area contributed by atoms with Gasteiger partial charge in [0.25, 0.3) is 5.91 Å². The van der Waals surface area contributed by atoms with Crippen LogP contribution in [0.1, 0.15) is 21.5 Å². The van der Waals surface area contributed by atoms with Gasteiger partial charge in [0.1, 0.15) is 0 Å². The molecule has 2 aromatic carbocycles. The number of amides is 1. The highest BCUT2D eigenvalue weighted by molar-refractivity contribution is 7.90. The first kappa shape index (κ1) is 22.8. The molecular formula is C23H27N3O4S2. The van der Waals surface area contributed by atoms with Gasteiger partial charge in [-0.3, -0.25) is 14.6 Å². The van der Waals surface area contributed by atoms with E-state index < -0.39 is 9.84 Å². The van der Waals surface area contributed by atoms with E-state index in [2.05, 4.69) is 11.0 Å². The van der Waals surface area contributed by atoms with Crippen molar-refractivity contribution in [2.75, 3.05) is 50.5 Å². The molecule has 9 heteroatoms. The van der Waals surface area contributed by atoms with Crippen molar-refractivity contribution >= 4 is 42.4 Å². The zero-order valence-corrected chi connectivity index (χ0v) is 20.1. The van der Waals surface area contributed by atoms with Crippen LogP contribution >= 0.6 is 11.3 Å². The Bertz CT molecular complexity index is 1250. The second-order valence-corrected chi connectivity index (χ2v) is 11.1. The molecule has 0 spiro atoms. The number of fused-ring (bicyclic) bond motifs is 1. The van der Waals surface area contributed by atoms with Crippen LogP contribution in [0, 0.1) is 13.8 Å². The molecule has 32 heavy (non-hydrogen) atoms. The minimum atomic E-state index is -3.42. The predicted octanol–water partition coefficient (Wildman–Crippen LogP) is 3.30. The van der Waals surface area contributed by atoms with E-state index in [-0.39, 0.29) is 10.8 Å². The summed E-state index contributed by atoms with van der Waals surface area (Å²) in [6.07, 6.45) is 1.14. The molecule has 3 aromatic rings. The maximum Gasteiger partial charge on any atom is 0.260 e. The summed E-state index contributed by atoms with van der Waals surface area (Å²) >= 11 is 1.48. The second kappa shape index (κ2) is 9.27. The molecule has 0 unspecified atom stereocenters. The van der Waals surface area contributed by atoms with Crippen molar-refractivity contribution in [3.63, 3.8) is 0 Å². The molecule has 170 valence electrons. The van der Waals surface area contributed by atoms with Crippen molar-refractivity contribution in [2.24, 2.45) is 0 Å². The molecule has 0 bridgehead atoms. The van der Waals surface area contributed by atoms with Crippen molar-refractivity contribution in [3.8, 4) is 0 Å². The van der Waals surface area contributed by atoms with E-state index in [0.717, 1.165) is 40.7 Å². The van der Waals surface area contributed by atoms with Gasteiger partial charge in [0.15, 0.2) is 15.0 Å². The number of morpholine rings is 1. The van der Waals surface area contributed by atoms with E-state index in [1.165, 1.54) is 23.5 Å². The lowest BCUT2D eigenvalue weighted by molar-refractivity contribution is 0.0391. The third-order valence-electron chi connectivity index (χ3n) is 5.80. The summed E-state index contributed by atoms with van der Waals surface area (Å²) in [5.74, 6) is -0.253. The van der Waals surface area contributed by atoms with Gasteiger partial charge in [-0.15, -0.1) is 0 Å². The molecule has 7 nitrogen and oxygen atoms in total. The fourth-order valence-corrected chi connectivity index (χ4v) is 5.41. The van der Waals surface area contributed by atoms with Crippen LogP contribution in [-0.2, 0) is 14.6 Å². The van der Waals surface area contributed by atoms with Gasteiger partial charge < -0.3 is 4.74 Å². The SMILES string of the molecule is Cc1ccc2sc(N(CCN3CCOCC3)C(=O)c3cccc(S(C)(=O)=O)c3)nc2c1C. The molecule has 4 rings (SSSR count). The molecule has 1 aromatic heterocycles. The number of anilines is 1. The summed E-state index contributed by atoms with van der Waals surface area (Å²) in [6.45, 7) is 8.25. The van der Waals surface area contributed by atoms with Gasteiger partial charge >= 0.3 is 0 Å². The molecule has 0 radical (unpaired) electrons. The van der Waals surface area contributed by atoms with Crippen LogP contribution in [0.3, 0.4) is 0 Å². The lowest BCUT2D eigenvalue weighted by Gasteiger charge is -2.29. The Labute approximate surface area is 192 Å². The smallest absolute Gasteiger partial charge is 0.260 e. The van der Waals surface area contributed by atoms with Crippen molar-refractivity contribution in [3.05, 3.63) is 53.1 Å². The summed E-state index contributed by atoms with van der Waals surface area (Å²) in [7, 11) is -3.42. The summed E-state index contributed by atoms with van der Waals surface area (Å²) in [5.41, 5.74) is 3.49. The minimum absolute atomic E-state index is 0.132. The van der Waals surface area contributed by atoms with Crippen LogP contribution < -0.4 is 4.90 Å². The van der Waals surface area contributed by atoms with Gasteiger partial charge in [0.2, 0.25) is 0 Å². The maximum absolute atomic E-state index is 13.6. The van der Waals surface area contributed by atoms with Crippen molar-refractivity contribution < 1.29 is 17.9 Å². The number of carbonyl (C=O) groups excluding carboxylic acids is 1. The first-order valence-electron chi connectivity index (χ1n) is 10.5. The third kappa shape index (κ3) is 4.85. The zero-order valence-electron chi connectivity index (χ0n) is 18.5. The van der Waals surface area contributed by atoms with Crippen molar-refractivity contribution in [2.45, 2.75) is 18.7 Å². The quantitative estimate of drug-likeness (QED) is 0.547. The van der Waals surface area contributed by atoms with Crippen LogP contribution in [-0.4, -0.2) is 69.9 Å². The lowest BCUT2D eigenvalue weighted by atomic mass is 10.1. The number of ether oxygens (including phenoxy) is 1. The number of rotatable bonds is 6. The van der Waals surface area contributed by atoms with E-state index in [0.29, 0.717) is 37.0 Å². The van der Waals surface area contributed by atoms with E-state index in [4.69, 9.17) is 9.72 Å². The topological polar surface area (TPSA) is 79.8 Å². The number of hydrogen-bond donors (Lipinski definition) is 0. The average molecular weight is 474 g/mol. The van der Waals surface area contributed by atoms with Gasteiger partial charge in [-0.2, -0.15) is 0 Å². The molecular weight excluding hydrogens is 446 g/mol. The number of thiazole rings is 1. The predicted molar refractivity (Wildman–Crippen MR) is 128 cm³/mol. The largest absolute Gasteiger partial charge is 0.379 e. The molecule has 2 heterocycles. The number of hydrogen-bond acceptors (Lipinski definition) is 7. The molecule has 1 aliphatic rings. The highest BCUT2D eigenvalue weighted by atomic mass is 32.2. The zero-order chi connectivity index (χ0) is 22.9. The monoisotopic (exact) mass is 473 g/mol. The van der Waals surface area contributed by atoms with Gasteiger partial charge in [-0.1, -0.05) is 23.5 Å². The van der Waals surface area contributed by atoms with Crippen molar-refractivity contribution in [1.82, 2.24) is 9.88 Å². The number of nitrogens with zero attached hydrogens (tertiary/aromatic N) is 3. The number of sulfone groups is 1. The second-order valence-electron chi connectivity index (χ2n) is 8.06. The third-order valence-corrected chi connectivity index (χ3v) is 7.96. The summed E-state index contributed by atoms with van der Waals surface area (Å²) < 4.78 is 30.5. The summed E-state index contributed by atoms with van der Waals surface area (Å²) in [6, 6.07) is 10.3. The first-order chi connectivity index (χ1) is 15.2. The number of aryl methyl sites for hydroxylation is 2. The molecule has 0 atom stereocenters. The van der Waals surface area contributed by atoms with Crippen LogP contribution in [0.5, 0.6) is 0 Å². The van der Waals surface area contributed by atoms with Crippen molar-refractivity contribution in [1.29, 1.82) is 0 Å². The Morgan fingerprint density at radius 2 is 1.94 bits per heavy atom. The van der Waals surface area contributed by atoms with Gasteiger partial charge in [-0.25, -0.2) is 13.4 Å². The van der Waals surface area contributed by atoms with E-state index in [9.17, 15) is 13.2 Å². The first-order valence-corrected chi connectivity index (χ1v) is 13.2. The van der Waals surface area contributed by atoms with E-state index in [1.54, 1.807) is 17.0 Å². The normalized spacial score (nSPS) is 15.2. The minimum Gasteiger partial charge on any atom is -0.379 e. The molecule has 0 N–H and O–H groups in total. The van der Waals surface area contributed by atoms with Crippen LogP contribution in [0.4, 0.5) is 5.13 Å². The lowest BCUT2D eigenvalue weighted by Crippen LogP contribution is -2.43. The fourth-order valence-electron chi connectivity index (χ4n) is 3.70. The Morgan fingerprint density at radius 1 is 1.19 bits per heavy atom. The number of benzene rings is 2. The molecule has 0 aliphatic carbocycles. The van der Waals surface area contributed by atoms with E-state index in [1.807, 2.05) is 19.9 Å². The summed E-state index contributed by atoms with van der Waals surface area (Å²) in [5, 5.41) is 0.622. The van der Waals surface area contributed by atoms with Gasteiger partial charge in [0, 0.05) is 38.0 Å². The molecule has 1 saturated heterocycles. The maximum atomic E-state index is 13.6. The molecule has 1 aliphatic heterocycles. The fraction of sp³-hybridized carbons (Fsp3) is 0.391. The molecule has 1 amide bonds. The van der Waals surface area contributed by atoms with Crippen LogP contribution in [0.2, 0.25) is 0 Å². The molecule has 0 saturated carbocycles. The highest BCUT2D eigenvalue weighted by Gasteiger charge is 2.24. The Balaban J connectivity index is 1.70. The Kier molecular flexibility index (Phi) is 6.62. The Morgan fingerprint density at radius 3 is 2.66 bits per heavy atom. The summed E-state index contributed by atoms with van der Waals surface area (Å²) in [4.78, 5) is 22.5. The average Bonchev–Trinajstić information content (AvgIpc) is 3.21. The highest BCUT2D eigenvalue weighted by Crippen LogP contribution is 2.32. The standard InChI is InChI=1S/C23H27N3O4S2/c1-16-7-8-20-21(17(16)2)24-23(31-20)26(10-9-25-11-13-30-14-12-25)22(27)18-5-4-6-19(15-18)32(3,28)29/h4-8,15H,9-14H2,1-3H3. The Hall–Kier alpha value is -2.33. The molecule has 1 fully saturated rings.